The average molecular weight is 313 g/mol. The number of rotatable bonds is 2. The summed E-state index contributed by atoms with van der Waals surface area (Å²) in [5.41, 5.74) is 3.97. The van der Waals surface area contributed by atoms with E-state index in [4.69, 9.17) is 4.42 Å². The lowest BCUT2D eigenvalue weighted by molar-refractivity contribution is -0.142. The molecule has 1 N–H and O–H groups in total. The molecule has 1 aliphatic heterocycles. The van der Waals surface area contributed by atoms with E-state index in [9.17, 15) is 9.90 Å². The van der Waals surface area contributed by atoms with Crippen LogP contribution >= 0.6 is 0 Å². The molecule has 120 valence electrons. The fourth-order valence-electron chi connectivity index (χ4n) is 3.44. The highest BCUT2D eigenvalue weighted by Crippen LogP contribution is 2.31. The van der Waals surface area contributed by atoms with Crippen LogP contribution in [0, 0.1) is 5.92 Å². The second-order valence-corrected chi connectivity index (χ2v) is 6.31. The molecule has 1 fully saturated rings. The van der Waals surface area contributed by atoms with E-state index in [-0.39, 0.29) is 17.9 Å². The van der Waals surface area contributed by atoms with Crippen molar-refractivity contribution >= 4 is 5.91 Å². The highest BCUT2D eigenvalue weighted by Gasteiger charge is 2.36. The molecular weight excluding hydrogens is 294 g/mol. The standard InChI is InChI=1S/C17H19N3O3/c21-13-7-12(8-13)17(22)20-4-1-14-15(2-5-20)18-10-19-16(14)11-3-6-23-9-11/h3,6,9-10,12-13,21H,1-2,4-5,7-8H2. The van der Waals surface area contributed by atoms with E-state index in [1.807, 2.05) is 11.0 Å². The molecule has 4 rings (SSSR count). The van der Waals surface area contributed by atoms with Crippen molar-refractivity contribution in [2.24, 2.45) is 5.92 Å². The normalized spacial score (nSPS) is 23.8. The number of aliphatic hydroxyl groups excluding tert-OH is 1. The molecular formula is C17H19N3O3. The zero-order valence-corrected chi connectivity index (χ0v) is 12.8. The number of furan rings is 1. The Hall–Kier alpha value is -2.21. The zero-order valence-electron chi connectivity index (χ0n) is 12.8. The number of carbonyl (C=O) groups excluding carboxylic acids is 1. The Morgan fingerprint density at radius 2 is 2.09 bits per heavy atom. The highest BCUT2D eigenvalue weighted by atomic mass is 16.3. The minimum atomic E-state index is -0.299. The number of aromatic nitrogens is 2. The van der Waals surface area contributed by atoms with Crippen LogP contribution in [0.25, 0.3) is 11.3 Å². The van der Waals surface area contributed by atoms with Gasteiger partial charge in [0, 0.05) is 42.2 Å². The third-order valence-corrected chi connectivity index (χ3v) is 4.85. The first-order chi connectivity index (χ1) is 11.2. The summed E-state index contributed by atoms with van der Waals surface area (Å²) in [7, 11) is 0. The molecule has 1 aliphatic carbocycles. The summed E-state index contributed by atoms with van der Waals surface area (Å²) >= 11 is 0. The fourth-order valence-corrected chi connectivity index (χ4v) is 3.44. The van der Waals surface area contributed by atoms with Gasteiger partial charge in [0.15, 0.2) is 0 Å². The summed E-state index contributed by atoms with van der Waals surface area (Å²) in [5, 5.41) is 9.41. The van der Waals surface area contributed by atoms with Crippen molar-refractivity contribution in [3.05, 3.63) is 36.2 Å². The molecule has 1 saturated carbocycles. The van der Waals surface area contributed by atoms with Crippen LogP contribution in [0.3, 0.4) is 0 Å². The lowest BCUT2D eigenvalue weighted by atomic mass is 9.81. The number of fused-ring (bicyclic) bond motifs is 1. The van der Waals surface area contributed by atoms with Gasteiger partial charge in [-0.15, -0.1) is 0 Å². The molecule has 2 aliphatic rings. The molecule has 0 unspecified atom stereocenters. The summed E-state index contributed by atoms with van der Waals surface area (Å²) < 4.78 is 5.17. The molecule has 3 heterocycles. The van der Waals surface area contributed by atoms with Crippen LogP contribution < -0.4 is 0 Å². The van der Waals surface area contributed by atoms with Crippen molar-refractivity contribution in [1.29, 1.82) is 0 Å². The Labute approximate surface area is 134 Å². The number of carbonyl (C=O) groups is 1. The van der Waals surface area contributed by atoms with Gasteiger partial charge in [-0.1, -0.05) is 0 Å². The first-order valence-corrected chi connectivity index (χ1v) is 8.04. The molecule has 0 aromatic carbocycles. The summed E-state index contributed by atoms with van der Waals surface area (Å²) in [6.45, 7) is 1.36. The summed E-state index contributed by atoms with van der Waals surface area (Å²) in [4.78, 5) is 23.2. The molecule has 2 aromatic rings. The topological polar surface area (TPSA) is 79.5 Å². The minimum Gasteiger partial charge on any atom is -0.472 e. The van der Waals surface area contributed by atoms with Crippen LogP contribution in [0.5, 0.6) is 0 Å². The van der Waals surface area contributed by atoms with Gasteiger partial charge in [0.2, 0.25) is 5.91 Å². The third-order valence-electron chi connectivity index (χ3n) is 4.85. The molecule has 0 radical (unpaired) electrons. The lowest BCUT2D eigenvalue weighted by Gasteiger charge is -2.34. The number of hydrogen-bond acceptors (Lipinski definition) is 5. The minimum absolute atomic E-state index is 0.00867. The highest BCUT2D eigenvalue weighted by molar-refractivity contribution is 5.80. The molecule has 6 heteroatoms. The molecule has 0 bridgehead atoms. The molecule has 2 aromatic heterocycles. The second-order valence-electron chi connectivity index (χ2n) is 6.31. The molecule has 0 saturated heterocycles. The smallest absolute Gasteiger partial charge is 0.225 e. The second kappa shape index (κ2) is 5.77. The Kier molecular flexibility index (Phi) is 3.61. The van der Waals surface area contributed by atoms with Crippen LogP contribution in [-0.4, -0.2) is 45.1 Å². The van der Waals surface area contributed by atoms with Crippen LogP contribution in [0.1, 0.15) is 24.1 Å². The van der Waals surface area contributed by atoms with Crippen molar-refractivity contribution < 1.29 is 14.3 Å². The van der Waals surface area contributed by atoms with Crippen molar-refractivity contribution in [1.82, 2.24) is 14.9 Å². The van der Waals surface area contributed by atoms with Gasteiger partial charge in [-0.25, -0.2) is 9.97 Å². The van der Waals surface area contributed by atoms with Crippen LogP contribution in [0.2, 0.25) is 0 Å². The first kappa shape index (κ1) is 14.4. The van der Waals surface area contributed by atoms with Crippen molar-refractivity contribution in [3.63, 3.8) is 0 Å². The predicted octanol–water partition coefficient (Wildman–Crippen LogP) is 1.43. The van der Waals surface area contributed by atoms with Crippen LogP contribution in [0.15, 0.2) is 29.3 Å². The SMILES string of the molecule is O=C(C1CC(O)C1)N1CCc2ncnc(-c3ccoc3)c2CC1. The van der Waals surface area contributed by atoms with Gasteiger partial charge in [-0.2, -0.15) is 0 Å². The lowest BCUT2D eigenvalue weighted by Crippen LogP contribution is -2.44. The Morgan fingerprint density at radius 1 is 1.26 bits per heavy atom. The first-order valence-electron chi connectivity index (χ1n) is 8.04. The van der Waals surface area contributed by atoms with Gasteiger partial charge < -0.3 is 14.4 Å². The molecule has 1 amide bonds. The van der Waals surface area contributed by atoms with Gasteiger partial charge in [0.1, 0.15) is 6.33 Å². The summed E-state index contributed by atoms with van der Waals surface area (Å²) in [6, 6.07) is 1.90. The van der Waals surface area contributed by atoms with Gasteiger partial charge >= 0.3 is 0 Å². The molecule has 6 nitrogen and oxygen atoms in total. The van der Waals surface area contributed by atoms with Crippen LogP contribution in [-0.2, 0) is 17.6 Å². The Balaban J connectivity index is 1.55. The van der Waals surface area contributed by atoms with E-state index in [1.165, 1.54) is 0 Å². The summed E-state index contributed by atoms with van der Waals surface area (Å²) in [5.74, 6) is 0.159. The average Bonchev–Trinajstić information content (AvgIpc) is 2.97. The largest absolute Gasteiger partial charge is 0.472 e. The number of amides is 1. The maximum atomic E-state index is 12.5. The number of nitrogens with zero attached hydrogens (tertiary/aromatic N) is 3. The van der Waals surface area contributed by atoms with E-state index in [2.05, 4.69) is 9.97 Å². The Morgan fingerprint density at radius 3 is 2.83 bits per heavy atom. The van der Waals surface area contributed by atoms with Crippen molar-refractivity contribution in [2.45, 2.75) is 31.8 Å². The van der Waals surface area contributed by atoms with E-state index >= 15 is 0 Å². The van der Waals surface area contributed by atoms with Gasteiger partial charge in [0.25, 0.3) is 0 Å². The maximum absolute atomic E-state index is 12.5. The quantitative estimate of drug-likeness (QED) is 0.907. The van der Waals surface area contributed by atoms with Crippen LogP contribution in [0.4, 0.5) is 0 Å². The number of hydrogen-bond donors (Lipinski definition) is 1. The Bertz CT molecular complexity index is 708. The summed E-state index contributed by atoms with van der Waals surface area (Å²) in [6.07, 6.45) is 7.30. The van der Waals surface area contributed by atoms with Crippen molar-refractivity contribution in [2.75, 3.05) is 13.1 Å². The van der Waals surface area contributed by atoms with Gasteiger partial charge in [-0.05, 0) is 25.3 Å². The number of aliphatic hydroxyl groups is 1. The van der Waals surface area contributed by atoms with Gasteiger partial charge in [0.05, 0.1) is 24.3 Å². The molecule has 0 atom stereocenters. The van der Waals surface area contributed by atoms with Gasteiger partial charge in [-0.3, -0.25) is 4.79 Å². The maximum Gasteiger partial charge on any atom is 0.225 e. The van der Waals surface area contributed by atoms with E-state index in [1.54, 1.807) is 18.9 Å². The predicted molar refractivity (Wildman–Crippen MR) is 82.5 cm³/mol. The third kappa shape index (κ3) is 2.63. The fraction of sp³-hybridized carbons (Fsp3) is 0.471. The molecule has 23 heavy (non-hydrogen) atoms. The molecule has 0 spiro atoms. The van der Waals surface area contributed by atoms with E-state index < -0.39 is 0 Å². The van der Waals surface area contributed by atoms with E-state index in [0.717, 1.165) is 35.4 Å². The van der Waals surface area contributed by atoms with Crippen molar-refractivity contribution in [3.8, 4) is 11.3 Å². The monoisotopic (exact) mass is 313 g/mol. The zero-order chi connectivity index (χ0) is 15.8. The van der Waals surface area contributed by atoms with E-state index in [0.29, 0.717) is 25.9 Å².